The lowest BCUT2D eigenvalue weighted by atomic mass is 10.1. The molecule has 0 bridgehead atoms. The van der Waals surface area contributed by atoms with E-state index in [0.29, 0.717) is 30.3 Å². The van der Waals surface area contributed by atoms with E-state index in [4.69, 9.17) is 9.47 Å². The SMILES string of the molecule is C[C@@H]1CN(C(=O)c2cccnc2Oc2ccc(Nc3ccccn3)cc2)C[C@H](C)O1. The number of aromatic nitrogens is 2. The largest absolute Gasteiger partial charge is 0.438 e. The van der Waals surface area contributed by atoms with Crippen LogP contribution in [0.2, 0.25) is 0 Å². The number of amides is 1. The molecule has 2 atom stereocenters. The standard InChI is InChI=1S/C23H24N4O3/c1-16-14-27(15-17(2)29-16)23(28)20-6-5-13-25-22(20)30-19-10-8-18(9-11-19)26-21-7-3-4-12-24-21/h3-13,16-17H,14-15H2,1-2H3,(H,24,26)/t16-,17+. The normalized spacial score (nSPS) is 18.7. The average Bonchev–Trinajstić information content (AvgIpc) is 2.75. The van der Waals surface area contributed by atoms with Gasteiger partial charge in [0.1, 0.15) is 17.1 Å². The molecule has 0 aliphatic carbocycles. The van der Waals surface area contributed by atoms with Crippen molar-refractivity contribution in [3.8, 4) is 11.6 Å². The summed E-state index contributed by atoms with van der Waals surface area (Å²) in [6.07, 6.45) is 3.35. The number of carbonyl (C=O) groups excluding carboxylic acids is 1. The Morgan fingerprint density at radius 3 is 2.43 bits per heavy atom. The quantitative estimate of drug-likeness (QED) is 0.685. The number of benzene rings is 1. The minimum atomic E-state index is -0.103. The molecule has 7 heteroatoms. The first-order valence-corrected chi connectivity index (χ1v) is 9.94. The van der Waals surface area contributed by atoms with Crippen LogP contribution < -0.4 is 10.1 Å². The Hall–Kier alpha value is -3.45. The number of anilines is 2. The molecule has 0 saturated carbocycles. The topological polar surface area (TPSA) is 76.6 Å². The van der Waals surface area contributed by atoms with Gasteiger partial charge in [-0.3, -0.25) is 4.79 Å². The van der Waals surface area contributed by atoms with Crippen LogP contribution in [0.5, 0.6) is 11.6 Å². The Kier molecular flexibility index (Phi) is 5.90. The zero-order valence-electron chi connectivity index (χ0n) is 17.0. The smallest absolute Gasteiger partial charge is 0.259 e. The molecule has 154 valence electrons. The maximum absolute atomic E-state index is 13.1. The highest BCUT2D eigenvalue weighted by Gasteiger charge is 2.28. The number of morpholine rings is 1. The van der Waals surface area contributed by atoms with Crippen molar-refractivity contribution in [2.45, 2.75) is 26.1 Å². The Balaban J connectivity index is 1.48. The number of pyridine rings is 2. The molecule has 1 aliphatic heterocycles. The van der Waals surface area contributed by atoms with Crippen LogP contribution in [-0.2, 0) is 4.74 Å². The van der Waals surface area contributed by atoms with E-state index in [0.717, 1.165) is 11.5 Å². The van der Waals surface area contributed by atoms with E-state index in [1.165, 1.54) is 0 Å². The molecule has 1 fully saturated rings. The van der Waals surface area contributed by atoms with Gasteiger partial charge in [-0.2, -0.15) is 0 Å². The molecular weight excluding hydrogens is 380 g/mol. The lowest BCUT2D eigenvalue weighted by Gasteiger charge is -2.35. The van der Waals surface area contributed by atoms with Gasteiger partial charge in [0.2, 0.25) is 5.88 Å². The van der Waals surface area contributed by atoms with Gasteiger partial charge in [-0.05, 0) is 62.4 Å². The third-order valence-corrected chi connectivity index (χ3v) is 4.71. The lowest BCUT2D eigenvalue weighted by molar-refractivity contribution is -0.0586. The monoisotopic (exact) mass is 404 g/mol. The Morgan fingerprint density at radius 2 is 1.73 bits per heavy atom. The van der Waals surface area contributed by atoms with Crippen LogP contribution in [0.25, 0.3) is 0 Å². The summed E-state index contributed by atoms with van der Waals surface area (Å²) in [6.45, 7) is 5.03. The van der Waals surface area contributed by atoms with E-state index in [1.807, 2.05) is 56.3 Å². The van der Waals surface area contributed by atoms with Gasteiger partial charge in [0, 0.05) is 31.2 Å². The maximum atomic E-state index is 13.1. The molecule has 4 rings (SSSR count). The first-order valence-electron chi connectivity index (χ1n) is 9.94. The summed E-state index contributed by atoms with van der Waals surface area (Å²) in [5.41, 5.74) is 1.32. The fourth-order valence-electron chi connectivity index (χ4n) is 3.45. The molecule has 3 aromatic rings. The molecule has 7 nitrogen and oxygen atoms in total. The molecule has 3 heterocycles. The van der Waals surface area contributed by atoms with Crippen molar-refractivity contribution in [2.75, 3.05) is 18.4 Å². The van der Waals surface area contributed by atoms with Gasteiger partial charge in [0.25, 0.3) is 5.91 Å². The molecule has 1 saturated heterocycles. The highest BCUT2D eigenvalue weighted by molar-refractivity contribution is 5.96. The number of rotatable bonds is 5. The fourth-order valence-corrected chi connectivity index (χ4v) is 3.45. The lowest BCUT2D eigenvalue weighted by Crippen LogP contribution is -2.48. The van der Waals surface area contributed by atoms with Crippen LogP contribution in [0.1, 0.15) is 24.2 Å². The third kappa shape index (κ3) is 4.75. The number of hydrogen-bond donors (Lipinski definition) is 1. The highest BCUT2D eigenvalue weighted by Crippen LogP contribution is 2.27. The van der Waals surface area contributed by atoms with E-state index >= 15 is 0 Å². The second kappa shape index (κ2) is 8.92. The van der Waals surface area contributed by atoms with Gasteiger partial charge >= 0.3 is 0 Å². The van der Waals surface area contributed by atoms with Gasteiger partial charge < -0.3 is 19.7 Å². The van der Waals surface area contributed by atoms with Crippen molar-refractivity contribution in [1.82, 2.24) is 14.9 Å². The Labute approximate surface area is 175 Å². The number of carbonyl (C=O) groups is 1. The molecule has 1 aromatic carbocycles. The van der Waals surface area contributed by atoms with Crippen LogP contribution >= 0.6 is 0 Å². The Morgan fingerprint density at radius 1 is 1.00 bits per heavy atom. The van der Waals surface area contributed by atoms with Crippen molar-refractivity contribution < 1.29 is 14.3 Å². The van der Waals surface area contributed by atoms with Crippen LogP contribution in [-0.4, -0.2) is 46.1 Å². The zero-order chi connectivity index (χ0) is 20.9. The maximum Gasteiger partial charge on any atom is 0.259 e. The number of nitrogens with zero attached hydrogens (tertiary/aromatic N) is 3. The molecular formula is C23H24N4O3. The van der Waals surface area contributed by atoms with E-state index < -0.39 is 0 Å². The second-order valence-corrected chi connectivity index (χ2v) is 7.29. The molecule has 0 unspecified atom stereocenters. The summed E-state index contributed by atoms with van der Waals surface area (Å²) in [5, 5.41) is 3.22. The minimum absolute atomic E-state index is 0.00196. The summed E-state index contributed by atoms with van der Waals surface area (Å²) in [5.74, 6) is 1.55. The molecule has 30 heavy (non-hydrogen) atoms. The van der Waals surface area contributed by atoms with E-state index in [-0.39, 0.29) is 18.1 Å². The van der Waals surface area contributed by atoms with Gasteiger partial charge in [-0.1, -0.05) is 6.07 Å². The van der Waals surface area contributed by atoms with E-state index in [1.54, 1.807) is 29.4 Å². The predicted octanol–water partition coefficient (Wildman–Crippen LogP) is 4.26. The average molecular weight is 404 g/mol. The minimum Gasteiger partial charge on any atom is -0.438 e. The predicted molar refractivity (Wildman–Crippen MR) is 114 cm³/mol. The van der Waals surface area contributed by atoms with Gasteiger partial charge in [-0.25, -0.2) is 9.97 Å². The van der Waals surface area contributed by atoms with E-state index in [9.17, 15) is 4.79 Å². The van der Waals surface area contributed by atoms with Crippen LogP contribution in [0, 0.1) is 0 Å². The Bertz CT molecular complexity index is 985. The second-order valence-electron chi connectivity index (χ2n) is 7.29. The van der Waals surface area contributed by atoms with Crippen molar-refractivity contribution in [1.29, 1.82) is 0 Å². The number of nitrogens with one attached hydrogen (secondary N) is 1. The van der Waals surface area contributed by atoms with Crippen LogP contribution in [0.15, 0.2) is 67.0 Å². The fraction of sp³-hybridized carbons (Fsp3) is 0.261. The molecule has 1 aliphatic rings. The van der Waals surface area contributed by atoms with Gasteiger partial charge in [0.15, 0.2) is 0 Å². The molecule has 0 spiro atoms. The first kappa shape index (κ1) is 19.8. The van der Waals surface area contributed by atoms with Crippen molar-refractivity contribution in [3.05, 3.63) is 72.6 Å². The summed E-state index contributed by atoms with van der Waals surface area (Å²) < 4.78 is 11.7. The van der Waals surface area contributed by atoms with Gasteiger partial charge in [-0.15, -0.1) is 0 Å². The molecule has 2 aromatic heterocycles. The van der Waals surface area contributed by atoms with Crippen molar-refractivity contribution in [3.63, 3.8) is 0 Å². The molecule has 1 amide bonds. The highest BCUT2D eigenvalue weighted by atomic mass is 16.5. The molecule has 0 radical (unpaired) electrons. The molecule has 1 N–H and O–H groups in total. The third-order valence-electron chi connectivity index (χ3n) is 4.71. The van der Waals surface area contributed by atoms with Crippen LogP contribution in [0.3, 0.4) is 0 Å². The van der Waals surface area contributed by atoms with E-state index in [2.05, 4.69) is 15.3 Å². The van der Waals surface area contributed by atoms with Crippen molar-refractivity contribution in [2.24, 2.45) is 0 Å². The van der Waals surface area contributed by atoms with Crippen molar-refractivity contribution >= 4 is 17.4 Å². The van der Waals surface area contributed by atoms with Gasteiger partial charge in [0.05, 0.1) is 12.2 Å². The first-order chi connectivity index (χ1) is 14.6. The number of ether oxygens (including phenoxy) is 2. The van der Waals surface area contributed by atoms with Crippen LogP contribution in [0.4, 0.5) is 11.5 Å². The number of hydrogen-bond acceptors (Lipinski definition) is 6. The summed E-state index contributed by atoms with van der Waals surface area (Å²) in [6, 6.07) is 16.6. The summed E-state index contributed by atoms with van der Waals surface area (Å²) in [4.78, 5) is 23.4. The zero-order valence-corrected chi connectivity index (χ0v) is 17.0. The summed E-state index contributed by atoms with van der Waals surface area (Å²) in [7, 11) is 0. The summed E-state index contributed by atoms with van der Waals surface area (Å²) >= 11 is 0.